The van der Waals surface area contributed by atoms with Gasteiger partial charge in [-0.15, -0.1) is 0 Å². The number of aryl methyl sites for hydroxylation is 2. The van der Waals surface area contributed by atoms with E-state index in [1.54, 1.807) is 13.2 Å². The van der Waals surface area contributed by atoms with E-state index >= 15 is 0 Å². The van der Waals surface area contributed by atoms with E-state index in [9.17, 15) is 4.79 Å². The second kappa shape index (κ2) is 6.90. The largest absolute Gasteiger partial charge is 0.497 e. The summed E-state index contributed by atoms with van der Waals surface area (Å²) in [6.07, 6.45) is 1.81. The van der Waals surface area contributed by atoms with Crippen LogP contribution in [0.1, 0.15) is 46.5 Å². The van der Waals surface area contributed by atoms with Crippen LogP contribution in [0.15, 0.2) is 39.4 Å². The first-order chi connectivity index (χ1) is 13.1. The summed E-state index contributed by atoms with van der Waals surface area (Å²) < 4.78 is 15.8. The molecule has 1 aliphatic rings. The zero-order chi connectivity index (χ0) is 19.0. The van der Waals surface area contributed by atoms with Crippen molar-refractivity contribution in [3.63, 3.8) is 0 Å². The molecule has 1 aromatic carbocycles. The Morgan fingerprint density at radius 1 is 1.19 bits per heavy atom. The summed E-state index contributed by atoms with van der Waals surface area (Å²) >= 11 is 0. The van der Waals surface area contributed by atoms with Crippen LogP contribution in [0.5, 0.6) is 5.75 Å². The topological polar surface area (TPSA) is 81.6 Å². The van der Waals surface area contributed by atoms with Gasteiger partial charge in [0.25, 0.3) is 5.91 Å². The number of methoxy groups -OCH3 is 1. The van der Waals surface area contributed by atoms with Crippen molar-refractivity contribution in [1.29, 1.82) is 0 Å². The normalized spacial score (nSPS) is 16.7. The van der Waals surface area contributed by atoms with Gasteiger partial charge in [-0.1, -0.05) is 10.3 Å². The van der Waals surface area contributed by atoms with E-state index in [2.05, 4.69) is 10.3 Å². The minimum Gasteiger partial charge on any atom is -0.497 e. The van der Waals surface area contributed by atoms with Crippen LogP contribution < -0.4 is 4.74 Å². The molecule has 140 valence electrons. The van der Waals surface area contributed by atoms with Gasteiger partial charge in [0.15, 0.2) is 0 Å². The molecule has 0 bridgehead atoms. The van der Waals surface area contributed by atoms with Crippen molar-refractivity contribution >= 4 is 5.91 Å². The van der Waals surface area contributed by atoms with Crippen LogP contribution in [0.25, 0.3) is 11.3 Å². The first-order valence-corrected chi connectivity index (χ1v) is 8.93. The van der Waals surface area contributed by atoms with Crippen molar-refractivity contribution in [3.8, 4) is 17.0 Å². The van der Waals surface area contributed by atoms with E-state index < -0.39 is 0 Å². The second-order valence-corrected chi connectivity index (χ2v) is 6.70. The first kappa shape index (κ1) is 17.3. The first-order valence-electron chi connectivity index (χ1n) is 8.93. The Morgan fingerprint density at radius 2 is 1.96 bits per heavy atom. The summed E-state index contributed by atoms with van der Waals surface area (Å²) in [5.41, 5.74) is 3.31. The third-order valence-corrected chi connectivity index (χ3v) is 5.04. The SMILES string of the molecule is COc1ccc(-c2cc(C(=O)N3CCCC3c3c(C)noc3C)on2)cc1. The molecule has 27 heavy (non-hydrogen) atoms. The van der Waals surface area contributed by atoms with E-state index in [4.69, 9.17) is 13.8 Å². The molecule has 7 nitrogen and oxygen atoms in total. The lowest BCUT2D eigenvalue weighted by Crippen LogP contribution is -2.30. The molecule has 0 spiro atoms. The molecule has 0 radical (unpaired) electrons. The minimum atomic E-state index is -0.162. The van der Waals surface area contributed by atoms with Crippen LogP contribution in [0.2, 0.25) is 0 Å². The van der Waals surface area contributed by atoms with Gasteiger partial charge >= 0.3 is 0 Å². The third kappa shape index (κ3) is 3.09. The molecular weight excluding hydrogens is 346 g/mol. The molecule has 0 saturated carbocycles. The number of hydrogen-bond donors (Lipinski definition) is 0. The molecule has 0 aliphatic carbocycles. The van der Waals surface area contributed by atoms with E-state index in [0.29, 0.717) is 12.2 Å². The quantitative estimate of drug-likeness (QED) is 0.695. The van der Waals surface area contributed by atoms with Gasteiger partial charge in [-0.3, -0.25) is 4.79 Å². The molecule has 1 unspecified atom stereocenters. The Kier molecular flexibility index (Phi) is 4.43. The van der Waals surface area contributed by atoms with Gasteiger partial charge in [0.2, 0.25) is 5.76 Å². The molecule has 0 N–H and O–H groups in total. The fourth-order valence-electron chi connectivity index (χ4n) is 3.69. The molecule has 1 aliphatic heterocycles. The van der Waals surface area contributed by atoms with Gasteiger partial charge < -0.3 is 18.7 Å². The van der Waals surface area contributed by atoms with Crippen molar-refractivity contribution in [1.82, 2.24) is 15.2 Å². The standard InChI is InChI=1S/C20H21N3O4/c1-12-19(13(2)26-21-12)17-5-4-10-23(17)20(24)18-11-16(22-27-18)14-6-8-15(25-3)9-7-14/h6-9,11,17H,4-5,10H2,1-3H3. The second-order valence-electron chi connectivity index (χ2n) is 6.70. The molecule has 3 aromatic rings. The van der Waals surface area contributed by atoms with Crippen LogP contribution >= 0.6 is 0 Å². The Bertz CT molecular complexity index is 939. The zero-order valence-electron chi connectivity index (χ0n) is 15.6. The maximum atomic E-state index is 13.0. The average molecular weight is 367 g/mol. The fourth-order valence-corrected chi connectivity index (χ4v) is 3.69. The molecule has 1 saturated heterocycles. The molecule has 1 amide bonds. The van der Waals surface area contributed by atoms with Crippen molar-refractivity contribution < 1.29 is 18.6 Å². The van der Waals surface area contributed by atoms with Crippen molar-refractivity contribution in [2.24, 2.45) is 0 Å². The molecule has 1 fully saturated rings. The Hall–Kier alpha value is -3.09. The van der Waals surface area contributed by atoms with Gasteiger partial charge in [-0.2, -0.15) is 0 Å². The molecule has 2 aromatic heterocycles. The lowest BCUT2D eigenvalue weighted by molar-refractivity contribution is 0.0692. The summed E-state index contributed by atoms with van der Waals surface area (Å²) in [7, 11) is 1.62. The number of aromatic nitrogens is 2. The number of carbonyl (C=O) groups excluding carboxylic acids is 1. The van der Waals surface area contributed by atoms with Crippen LogP contribution in [0.4, 0.5) is 0 Å². The van der Waals surface area contributed by atoms with E-state index in [0.717, 1.165) is 41.2 Å². The molecule has 3 heterocycles. The highest BCUT2D eigenvalue weighted by molar-refractivity contribution is 5.93. The lowest BCUT2D eigenvalue weighted by Gasteiger charge is -2.23. The molecule has 7 heteroatoms. The summed E-state index contributed by atoms with van der Waals surface area (Å²) in [6.45, 7) is 4.46. The van der Waals surface area contributed by atoms with E-state index in [1.165, 1.54) is 0 Å². The average Bonchev–Trinajstić information content (AvgIpc) is 3.41. The number of hydrogen-bond acceptors (Lipinski definition) is 6. The number of nitrogens with zero attached hydrogens (tertiary/aromatic N) is 3. The summed E-state index contributed by atoms with van der Waals surface area (Å²) in [5.74, 6) is 1.59. The fraction of sp³-hybridized carbons (Fsp3) is 0.350. The van der Waals surface area contributed by atoms with Crippen molar-refractivity contribution in [2.45, 2.75) is 32.7 Å². The highest BCUT2D eigenvalue weighted by Gasteiger charge is 2.35. The summed E-state index contributed by atoms with van der Waals surface area (Å²) in [5, 5.41) is 8.09. The van der Waals surface area contributed by atoms with Gasteiger partial charge in [0.05, 0.1) is 18.8 Å². The van der Waals surface area contributed by atoms with Crippen molar-refractivity contribution in [3.05, 3.63) is 53.1 Å². The maximum absolute atomic E-state index is 13.0. The van der Waals surface area contributed by atoms with Gasteiger partial charge in [-0.05, 0) is 51.0 Å². The summed E-state index contributed by atoms with van der Waals surface area (Å²) in [6, 6.07) is 9.10. The minimum absolute atomic E-state index is 0.0433. The number of ether oxygens (including phenoxy) is 1. The van der Waals surface area contributed by atoms with Crippen molar-refractivity contribution in [2.75, 3.05) is 13.7 Å². The van der Waals surface area contributed by atoms with Gasteiger partial charge in [0, 0.05) is 23.7 Å². The maximum Gasteiger partial charge on any atom is 0.293 e. The van der Waals surface area contributed by atoms with Crippen LogP contribution in [-0.4, -0.2) is 34.8 Å². The highest BCUT2D eigenvalue weighted by atomic mass is 16.5. The summed E-state index contributed by atoms with van der Waals surface area (Å²) in [4.78, 5) is 14.9. The predicted molar refractivity (Wildman–Crippen MR) is 97.5 cm³/mol. The molecule has 1 atom stereocenters. The zero-order valence-corrected chi connectivity index (χ0v) is 15.6. The smallest absolute Gasteiger partial charge is 0.293 e. The van der Waals surface area contributed by atoms with Crippen LogP contribution in [0.3, 0.4) is 0 Å². The Balaban J connectivity index is 1.58. The predicted octanol–water partition coefficient (Wildman–Crippen LogP) is 3.93. The lowest BCUT2D eigenvalue weighted by atomic mass is 10.0. The number of carbonyl (C=O) groups is 1. The molecule has 4 rings (SSSR count). The van der Waals surface area contributed by atoms with Gasteiger partial charge in [0.1, 0.15) is 17.2 Å². The number of amides is 1. The van der Waals surface area contributed by atoms with Crippen LogP contribution in [-0.2, 0) is 0 Å². The number of likely N-dealkylation sites (tertiary alicyclic amines) is 1. The number of benzene rings is 1. The Morgan fingerprint density at radius 3 is 2.63 bits per heavy atom. The molecular formula is C20H21N3O4. The monoisotopic (exact) mass is 367 g/mol. The number of rotatable bonds is 4. The van der Waals surface area contributed by atoms with Gasteiger partial charge in [-0.25, -0.2) is 0 Å². The third-order valence-electron chi connectivity index (χ3n) is 5.04. The van der Waals surface area contributed by atoms with E-state index in [1.807, 2.05) is 43.0 Å². The van der Waals surface area contributed by atoms with E-state index in [-0.39, 0.29) is 17.7 Å². The highest BCUT2D eigenvalue weighted by Crippen LogP contribution is 2.36. The van der Waals surface area contributed by atoms with Crippen LogP contribution in [0, 0.1) is 13.8 Å². The Labute approximate surface area is 156 Å².